The number of methoxy groups -OCH3 is 1. The summed E-state index contributed by atoms with van der Waals surface area (Å²) in [4.78, 5) is 11.3. The van der Waals surface area contributed by atoms with Gasteiger partial charge in [-0.15, -0.1) is 0 Å². The molecule has 0 N–H and O–H groups in total. The second-order valence-electron chi connectivity index (χ2n) is 3.02. The van der Waals surface area contributed by atoms with Gasteiger partial charge in [-0.1, -0.05) is 0 Å². The van der Waals surface area contributed by atoms with E-state index in [4.69, 9.17) is 0 Å². The van der Waals surface area contributed by atoms with Crippen LogP contribution in [-0.2, 0) is 11.3 Å². The number of aryl methyl sites for hydroxylation is 1. The van der Waals surface area contributed by atoms with Crippen molar-refractivity contribution >= 4 is 5.97 Å². The number of carbonyl (C=O) groups is 1. The summed E-state index contributed by atoms with van der Waals surface area (Å²) in [6.45, 7) is 6.86. The van der Waals surface area contributed by atoms with Crippen molar-refractivity contribution in [3.8, 4) is 0 Å². The summed E-state index contributed by atoms with van der Waals surface area (Å²) < 4.78 is 6.77. The van der Waals surface area contributed by atoms with Crippen molar-refractivity contribution in [3.05, 3.63) is 23.0 Å². The molecule has 0 radical (unpaired) electrons. The molecule has 0 aliphatic rings. The molecule has 1 aromatic rings. The maximum absolute atomic E-state index is 11.3. The molecule has 0 aromatic carbocycles. The fourth-order valence-electron chi connectivity index (χ4n) is 1.60. The number of aromatic nitrogens is 1. The highest BCUT2D eigenvalue weighted by Crippen LogP contribution is 2.15. The number of esters is 1. The van der Waals surface area contributed by atoms with Gasteiger partial charge in [-0.25, -0.2) is 4.79 Å². The minimum absolute atomic E-state index is 0.257. The monoisotopic (exact) mass is 181 g/mol. The van der Waals surface area contributed by atoms with Crippen LogP contribution < -0.4 is 0 Å². The van der Waals surface area contributed by atoms with E-state index in [1.54, 1.807) is 0 Å². The van der Waals surface area contributed by atoms with E-state index < -0.39 is 0 Å². The van der Waals surface area contributed by atoms with Gasteiger partial charge >= 0.3 is 5.97 Å². The number of rotatable bonds is 2. The first-order valence-corrected chi connectivity index (χ1v) is 4.36. The average molecular weight is 181 g/mol. The molecule has 3 nitrogen and oxygen atoms in total. The lowest BCUT2D eigenvalue weighted by atomic mass is 10.2. The lowest BCUT2D eigenvalue weighted by Crippen LogP contribution is -2.04. The van der Waals surface area contributed by atoms with Crippen molar-refractivity contribution in [2.75, 3.05) is 7.11 Å². The first-order valence-electron chi connectivity index (χ1n) is 4.36. The number of ether oxygens (including phenoxy) is 1. The summed E-state index contributed by atoms with van der Waals surface area (Å²) in [6, 6.07) is 1.87. The van der Waals surface area contributed by atoms with Crippen LogP contribution in [0.5, 0.6) is 0 Å². The van der Waals surface area contributed by atoms with Crippen molar-refractivity contribution in [1.82, 2.24) is 4.57 Å². The molecule has 0 amide bonds. The van der Waals surface area contributed by atoms with Crippen molar-refractivity contribution in [2.45, 2.75) is 27.3 Å². The van der Waals surface area contributed by atoms with E-state index in [1.807, 2.05) is 19.9 Å². The third-order valence-corrected chi connectivity index (χ3v) is 2.30. The minimum atomic E-state index is -0.257. The number of hydrogen-bond acceptors (Lipinski definition) is 2. The molecule has 0 spiro atoms. The van der Waals surface area contributed by atoms with Crippen LogP contribution in [-0.4, -0.2) is 17.6 Å². The van der Waals surface area contributed by atoms with E-state index in [2.05, 4.69) is 16.2 Å². The Labute approximate surface area is 78.3 Å². The molecule has 13 heavy (non-hydrogen) atoms. The van der Waals surface area contributed by atoms with Crippen LogP contribution >= 0.6 is 0 Å². The molecule has 0 atom stereocenters. The third kappa shape index (κ3) is 1.59. The fraction of sp³-hybridized carbons (Fsp3) is 0.500. The Bertz CT molecular complexity index is 326. The molecule has 3 heteroatoms. The van der Waals surface area contributed by atoms with Crippen LogP contribution in [0.1, 0.15) is 28.7 Å². The molecule has 0 aliphatic heterocycles. The lowest BCUT2D eigenvalue weighted by molar-refractivity contribution is 0.0600. The Kier molecular flexibility index (Phi) is 2.76. The second kappa shape index (κ2) is 3.64. The number of nitrogens with zero attached hydrogens (tertiary/aromatic N) is 1. The van der Waals surface area contributed by atoms with Gasteiger partial charge in [0.15, 0.2) is 0 Å². The Balaban J connectivity index is 3.18. The topological polar surface area (TPSA) is 31.2 Å². The Hall–Kier alpha value is -1.25. The van der Waals surface area contributed by atoms with Gasteiger partial charge in [-0.3, -0.25) is 0 Å². The molecular weight excluding hydrogens is 166 g/mol. The maximum Gasteiger partial charge on any atom is 0.339 e. The van der Waals surface area contributed by atoms with Gasteiger partial charge in [0.1, 0.15) is 0 Å². The quantitative estimate of drug-likeness (QED) is 0.652. The predicted molar refractivity (Wildman–Crippen MR) is 50.9 cm³/mol. The van der Waals surface area contributed by atoms with Crippen molar-refractivity contribution in [3.63, 3.8) is 0 Å². The molecule has 1 rings (SSSR count). The van der Waals surface area contributed by atoms with Gasteiger partial charge in [-0.05, 0) is 26.8 Å². The van der Waals surface area contributed by atoms with Crippen LogP contribution in [0.3, 0.4) is 0 Å². The molecule has 0 bridgehead atoms. The lowest BCUT2D eigenvalue weighted by Gasteiger charge is -2.04. The number of hydrogen-bond donors (Lipinski definition) is 0. The number of carbonyl (C=O) groups excluding carboxylic acids is 1. The standard InChI is InChI=1S/C10H15NO2/c1-5-11-7(2)6-9(8(11)3)10(12)13-4/h6H,5H2,1-4H3. The molecule has 0 unspecified atom stereocenters. The van der Waals surface area contributed by atoms with Crippen LogP contribution in [0.4, 0.5) is 0 Å². The highest BCUT2D eigenvalue weighted by atomic mass is 16.5. The van der Waals surface area contributed by atoms with E-state index >= 15 is 0 Å². The van der Waals surface area contributed by atoms with E-state index in [0.29, 0.717) is 5.56 Å². The normalized spacial score (nSPS) is 10.2. The van der Waals surface area contributed by atoms with Gasteiger partial charge in [0.05, 0.1) is 12.7 Å². The molecule has 0 fully saturated rings. The van der Waals surface area contributed by atoms with Gasteiger partial charge in [0.25, 0.3) is 0 Å². The first kappa shape index (κ1) is 9.84. The summed E-state index contributed by atoms with van der Waals surface area (Å²) in [7, 11) is 1.40. The average Bonchev–Trinajstić information content (AvgIpc) is 2.40. The zero-order chi connectivity index (χ0) is 10.0. The summed E-state index contributed by atoms with van der Waals surface area (Å²) >= 11 is 0. The molecule has 0 aliphatic carbocycles. The zero-order valence-corrected chi connectivity index (χ0v) is 8.55. The Morgan fingerprint density at radius 2 is 2.15 bits per heavy atom. The van der Waals surface area contributed by atoms with E-state index in [1.165, 1.54) is 7.11 Å². The van der Waals surface area contributed by atoms with E-state index in [0.717, 1.165) is 17.9 Å². The smallest absolute Gasteiger partial charge is 0.339 e. The highest BCUT2D eigenvalue weighted by Gasteiger charge is 2.14. The van der Waals surface area contributed by atoms with Gasteiger partial charge in [0.2, 0.25) is 0 Å². The molecule has 1 heterocycles. The fourth-order valence-corrected chi connectivity index (χ4v) is 1.60. The summed E-state index contributed by atoms with van der Waals surface area (Å²) in [5.74, 6) is -0.257. The second-order valence-corrected chi connectivity index (χ2v) is 3.02. The minimum Gasteiger partial charge on any atom is -0.465 e. The van der Waals surface area contributed by atoms with Crippen molar-refractivity contribution < 1.29 is 9.53 Å². The van der Waals surface area contributed by atoms with E-state index in [-0.39, 0.29) is 5.97 Å². The van der Waals surface area contributed by atoms with Crippen molar-refractivity contribution in [2.24, 2.45) is 0 Å². The van der Waals surface area contributed by atoms with Crippen LogP contribution in [0.25, 0.3) is 0 Å². The van der Waals surface area contributed by atoms with Crippen LogP contribution in [0.15, 0.2) is 6.07 Å². The first-order chi connectivity index (χ1) is 6.11. The predicted octanol–water partition coefficient (Wildman–Crippen LogP) is 1.91. The summed E-state index contributed by atoms with van der Waals surface area (Å²) in [5, 5.41) is 0. The molecular formula is C10H15NO2. The molecule has 1 aromatic heterocycles. The van der Waals surface area contributed by atoms with E-state index in [9.17, 15) is 4.79 Å². The Morgan fingerprint density at radius 1 is 1.54 bits per heavy atom. The zero-order valence-electron chi connectivity index (χ0n) is 8.55. The molecule has 0 saturated heterocycles. The largest absolute Gasteiger partial charge is 0.465 e. The van der Waals surface area contributed by atoms with Gasteiger partial charge < -0.3 is 9.30 Å². The summed E-state index contributed by atoms with van der Waals surface area (Å²) in [5.41, 5.74) is 2.74. The van der Waals surface area contributed by atoms with Crippen LogP contribution in [0, 0.1) is 13.8 Å². The SMILES string of the molecule is CCn1c(C)cc(C(=O)OC)c1C. The Morgan fingerprint density at radius 3 is 2.54 bits per heavy atom. The highest BCUT2D eigenvalue weighted by molar-refractivity contribution is 5.91. The maximum atomic E-state index is 11.3. The van der Waals surface area contributed by atoms with Crippen molar-refractivity contribution in [1.29, 1.82) is 0 Å². The third-order valence-electron chi connectivity index (χ3n) is 2.30. The van der Waals surface area contributed by atoms with Crippen LogP contribution in [0.2, 0.25) is 0 Å². The molecule has 0 saturated carbocycles. The molecule has 72 valence electrons. The van der Waals surface area contributed by atoms with Gasteiger partial charge in [0, 0.05) is 17.9 Å². The summed E-state index contributed by atoms with van der Waals surface area (Å²) in [6.07, 6.45) is 0. The van der Waals surface area contributed by atoms with Gasteiger partial charge in [-0.2, -0.15) is 0 Å².